The first-order valence-electron chi connectivity index (χ1n) is 18.4. The highest BCUT2D eigenvalue weighted by Crippen LogP contribution is 2.50. The lowest BCUT2D eigenvalue weighted by atomic mass is 9.70. The topological polar surface area (TPSA) is 77.5 Å². The van der Waals surface area contributed by atoms with Gasteiger partial charge in [-0.1, -0.05) is 86.7 Å². The van der Waals surface area contributed by atoms with Crippen molar-refractivity contribution in [3.8, 4) is 0 Å². The smallest absolute Gasteiger partial charge is 0.408 e. The van der Waals surface area contributed by atoms with Gasteiger partial charge in [0.15, 0.2) is 6.10 Å². The van der Waals surface area contributed by atoms with Crippen molar-refractivity contribution in [2.75, 3.05) is 13.1 Å². The zero-order chi connectivity index (χ0) is 35.9. The van der Waals surface area contributed by atoms with E-state index in [4.69, 9.17) is 9.47 Å². The van der Waals surface area contributed by atoms with Crippen molar-refractivity contribution in [2.24, 2.45) is 17.8 Å². The maximum absolute atomic E-state index is 14.5. The van der Waals surface area contributed by atoms with Gasteiger partial charge in [-0.3, -0.25) is 4.98 Å². The first-order chi connectivity index (χ1) is 24.5. The van der Waals surface area contributed by atoms with Gasteiger partial charge in [0.25, 0.3) is 0 Å². The maximum atomic E-state index is 14.5. The lowest BCUT2D eigenvalue weighted by Gasteiger charge is -2.58. The summed E-state index contributed by atoms with van der Waals surface area (Å²) in [6.07, 6.45) is 4.73. The molecular weight excluding hydrogens is 635 g/mol. The lowest BCUT2D eigenvalue weighted by Crippen LogP contribution is -2.68. The third kappa shape index (κ3) is 6.84. The van der Waals surface area contributed by atoms with E-state index in [-0.39, 0.29) is 12.0 Å². The Hall–Kier alpha value is -4.75. The minimum absolute atomic E-state index is 0.0400. The van der Waals surface area contributed by atoms with E-state index < -0.39 is 29.8 Å². The molecule has 3 aliphatic heterocycles. The highest BCUT2D eigenvalue weighted by molar-refractivity contribution is 6.02. The monoisotopic (exact) mass is 684 g/mol. The van der Waals surface area contributed by atoms with Crippen molar-refractivity contribution in [2.45, 2.75) is 77.8 Å². The van der Waals surface area contributed by atoms with E-state index in [1.807, 2.05) is 65.1 Å². The summed E-state index contributed by atoms with van der Waals surface area (Å²) in [6, 6.07) is 28.8. The molecule has 3 saturated heterocycles. The number of rotatable bonds is 9. The number of nitrogens with zero attached hydrogens (tertiary/aromatic N) is 2. The molecule has 8 rings (SSSR count). The molecule has 51 heavy (non-hydrogen) atoms. The van der Waals surface area contributed by atoms with Crippen LogP contribution in [0.5, 0.6) is 0 Å². The Bertz CT molecular complexity index is 2040. The van der Waals surface area contributed by atoms with Gasteiger partial charge < -0.3 is 19.3 Å². The third-order valence-electron chi connectivity index (χ3n) is 11.2. The number of ether oxygens (including phenoxy) is 2. The molecule has 1 amide bonds. The number of pyridine rings is 1. The number of carbonyl (C=O) groups is 2. The van der Waals surface area contributed by atoms with Crippen LogP contribution in [-0.4, -0.2) is 52.3 Å². The molecule has 4 unspecified atom stereocenters. The average molecular weight is 685 g/mol. The van der Waals surface area contributed by atoms with Crippen LogP contribution in [0.25, 0.3) is 32.4 Å². The molecule has 0 radical (unpaired) electrons. The summed E-state index contributed by atoms with van der Waals surface area (Å²) in [5.41, 5.74) is 2.43. The minimum Gasteiger partial charge on any atom is -0.450 e. The summed E-state index contributed by atoms with van der Waals surface area (Å²) in [7, 11) is 0. The van der Waals surface area contributed by atoms with Gasteiger partial charge >= 0.3 is 12.1 Å². The Morgan fingerprint density at radius 2 is 1.61 bits per heavy atom. The fourth-order valence-corrected chi connectivity index (χ4v) is 8.80. The molecule has 5 aromatic rings. The molecule has 0 saturated carbocycles. The molecular formula is C44H50N3O4+. The van der Waals surface area contributed by atoms with E-state index in [1.165, 1.54) is 27.1 Å². The van der Waals surface area contributed by atoms with Crippen molar-refractivity contribution in [3.63, 3.8) is 0 Å². The van der Waals surface area contributed by atoms with Gasteiger partial charge in [-0.15, -0.1) is 6.58 Å². The Balaban J connectivity index is 1.36. The van der Waals surface area contributed by atoms with Crippen molar-refractivity contribution in [3.05, 3.63) is 115 Å². The molecule has 2 bridgehead atoms. The second-order valence-corrected chi connectivity index (χ2v) is 16.0. The summed E-state index contributed by atoms with van der Waals surface area (Å²) in [4.78, 5) is 32.1. The Morgan fingerprint density at radius 3 is 2.25 bits per heavy atom. The van der Waals surface area contributed by atoms with Crippen molar-refractivity contribution in [1.82, 2.24) is 10.3 Å². The molecule has 7 nitrogen and oxygen atoms in total. The number of esters is 1. The van der Waals surface area contributed by atoms with Crippen LogP contribution in [0, 0.1) is 17.8 Å². The Kier molecular flexibility index (Phi) is 9.36. The number of hydrogen-bond donors (Lipinski definition) is 1. The van der Waals surface area contributed by atoms with Crippen LogP contribution in [0.2, 0.25) is 0 Å². The molecule has 4 aromatic carbocycles. The van der Waals surface area contributed by atoms with Crippen LogP contribution in [0.4, 0.5) is 4.79 Å². The molecule has 3 fully saturated rings. The number of benzene rings is 4. The molecule has 0 spiro atoms. The molecule has 264 valence electrons. The lowest BCUT2D eigenvalue weighted by molar-refractivity contribution is -0.984. The first-order valence-corrected chi connectivity index (χ1v) is 18.4. The zero-order valence-corrected chi connectivity index (χ0v) is 30.5. The van der Waals surface area contributed by atoms with Crippen molar-refractivity contribution in [1.29, 1.82) is 0 Å². The second-order valence-electron chi connectivity index (χ2n) is 16.0. The summed E-state index contributed by atoms with van der Waals surface area (Å²) in [5, 5.41) is 8.78. The SMILES string of the molecule is C=CC1C[N+]2(Cc3c4ccccc4cc4ccccc34)CCC1CC2[C@@H](OC(=O)[C@H](NC(=O)OC(C)(C)C)C(C)C)c1ccnc2ccccc12. The van der Waals surface area contributed by atoms with Crippen molar-refractivity contribution >= 4 is 44.5 Å². The molecule has 0 aliphatic carbocycles. The average Bonchev–Trinajstić information content (AvgIpc) is 3.11. The second kappa shape index (κ2) is 13.8. The Morgan fingerprint density at radius 1 is 0.961 bits per heavy atom. The van der Waals surface area contributed by atoms with Gasteiger partial charge in [-0.05, 0) is 72.4 Å². The maximum Gasteiger partial charge on any atom is 0.408 e. The number of piperidine rings is 3. The normalized spacial score (nSPS) is 22.9. The van der Waals surface area contributed by atoms with Gasteiger partial charge in [0, 0.05) is 41.5 Å². The quantitative estimate of drug-likeness (QED) is 0.0725. The fourth-order valence-electron chi connectivity index (χ4n) is 8.80. The van der Waals surface area contributed by atoms with E-state index in [0.717, 1.165) is 53.4 Å². The number of quaternary nitrogens is 1. The van der Waals surface area contributed by atoms with E-state index in [1.54, 1.807) is 0 Å². The zero-order valence-electron chi connectivity index (χ0n) is 30.5. The molecule has 6 atom stereocenters. The van der Waals surface area contributed by atoms with Crippen molar-refractivity contribution < 1.29 is 23.5 Å². The van der Waals surface area contributed by atoms with E-state index in [9.17, 15) is 9.59 Å². The number of carbonyl (C=O) groups excluding carboxylic acids is 2. The van der Waals surface area contributed by atoms with Gasteiger partial charge in [0.05, 0.1) is 18.6 Å². The van der Waals surface area contributed by atoms with Crippen LogP contribution in [0.3, 0.4) is 0 Å². The number of fused-ring (bicyclic) bond motifs is 6. The molecule has 3 aliphatic rings. The number of amides is 1. The number of para-hydroxylation sites is 1. The highest BCUT2D eigenvalue weighted by Gasteiger charge is 2.56. The summed E-state index contributed by atoms with van der Waals surface area (Å²) in [6.45, 7) is 16.2. The fraction of sp³-hybridized carbons (Fsp3) is 0.386. The molecule has 7 heteroatoms. The predicted octanol–water partition coefficient (Wildman–Crippen LogP) is 9.29. The minimum atomic E-state index is -0.886. The summed E-state index contributed by atoms with van der Waals surface area (Å²) >= 11 is 0. The number of hydrogen-bond acceptors (Lipinski definition) is 5. The van der Waals surface area contributed by atoms with E-state index >= 15 is 0 Å². The van der Waals surface area contributed by atoms with Gasteiger partial charge in [-0.2, -0.15) is 0 Å². The predicted molar refractivity (Wildman–Crippen MR) is 204 cm³/mol. The van der Waals surface area contributed by atoms with Crippen LogP contribution in [0.15, 0.2) is 104 Å². The van der Waals surface area contributed by atoms with E-state index in [2.05, 4.69) is 83.6 Å². The number of nitrogens with one attached hydrogen (secondary N) is 1. The molecule has 4 heterocycles. The van der Waals surface area contributed by atoms with Gasteiger partial charge in [-0.25, -0.2) is 9.59 Å². The number of alkyl carbamates (subject to hydrolysis) is 1. The van der Waals surface area contributed by atoms with Crippen LogP contribution < -0.4 is 5.32 Å². The van der Waals surface area contributed by atoms with Gasteiger partial charge in [0.1, 0.15) is 24.2 Å². The van der Waals surface area contributed by atoms with Crippen LogP contribution in [-0.2, 0) is 20.8 Å². The molecule has 1 aromatic heterocycles. The first kappa shape index (κ1) is 34.7. The van der Waals surface area contributed by atoms with E-state index in [0.29, 0.717) is 11.8 Å². The Labute approximate surface area is 301 Å². The third-order valence-corrected chi connectivity index (χ3v) is 11.2. The summed E-state index contributed by atoms with van der Waals surface area (Å²) < 4.78 is 13.2. The number of aromatic nitrogens is 1. The molecule has 1 N–H and O–H groups in total. The van der Waals surface area contributed by atoms with Crippen LogP contribution >= 0.6 is 0 Å². The van der Waals surface area contributed by atoms with Crippen LogP contribution in [0.1, 0.15) is 64.7 Å². The highest BCUT2D eigenvalue weighted by atomic mass is 16.6. The van der Waals surface area contributed by atoms with Gasteiger partial charge in [0.2, 0.25) is 0 Å². The largest absolute Gasteiger partial charge is 0.450 e. The standard InChI is InChI=1S/C44H49N3O4/c1-7-29-26-47(27-37-33-16-10-8-14-31(33)24-32-15-9-11-17-34(32)37)23-21-30(29)25-39(47)41(36-20-22-45-38-19-13-12-18-35(36)38)50-42(48)40(28(2)3)46-43(49)51-44(4,5)6/h7-20,22,24,28-30,39-41H,1,21,23,25-27H2,2-6H3/p+1/t29?,30?,39?,40-,41+,47?/m1/s1. The summed E-state index contributed by atoms with van der Waals surface area (Å²) in [5.74, 6) is 0.114.